The van der Waals surface area contributed by atoms with E-state index in [0.717, 1.165) is 19.5 Å². The lowest BCUT2D eigenvalue weighted by molar-refractivity contribution is 0.199. The number of ether oxygens (including phenoxy) is 1. The van der Waals surface area contributed by atoms with Crippen LogP contribution in [0.3, 0.4) is 0 Å². The monoisotopic (exact) mass is 243 g/mol. The average Bonchev–Trinajstić information content (AvgIpc) is 2.33. The molecule has 0 aromatic heterocycles. The maximum absolute atomic E-state index is 13.5. The maximum Gasteiger partial charge on any atom is 0.162 e. The molecular formula is C13H19F2NO. The molecule has 0 aliphatic carbocycles. The highest BCUT2D eigenvalue weighted by atomic mass is 19.2. The number of halogens is 2. The Morgan fingerprint density at radius 3 is 2.65 bits per heavy atom. The van der Waals surface area contributed by atoms with Crippen LogP contribution in [-0.4, -0.2) is 26.8 Å². The van der Waals surface area contributed by atoms with E-state index in [4.69, 9.17) is 4.74 Å². The molecule has 1 N–H and O–H groups in total. The summed E-state index contributed by atoms with van der Waals surface area (Å²) in [5.41, 5.74) is 0.797. The first-order valence-electron chi connectivity index (χ1n) is 5.80. The normalized spacial score (nSPS) is 10.8. The van der Waals surface area contributed by atoms with Gasteiger partial charge in [0.25, 0.3) is 0 Å². The molecule has 0 saturated carbocycles. The molecule has 0 aliphatic heterocycles. The van der Waals surface area contributed by atoms with Crippen molar-refractivity contribution >= 4 is 0 Å². The predicted octanol–water partition coefficient (Wildman–Crippen LogP) is 2.44. The second-order valence-corrected chi connectivity index (χ2v) is 4.02. The Morgan fingerprint density at radius 2 is 1.94 bits per heavy atom. The van der Waals surface area contributed by atoms with Gasteiger partial charge in [-0.2, -0.15) is 0 Å². The summed E-state index contributed by atoms with van der Waals surface area (Å²) >= 11 is 0. The number of methoxy groups -OCH3 is 1. The number of hydrogen-bond donors (Lipinski definition) is 1. The smallest absolute Gasteiger partial charge is 0.162 e. The molecule has 0 atom stereocenters. The Balaban J connectivity index is 2.35. The fourth-order valence-corrected chi connectivity index (χ4v) is 1.58. The second-order valence-electron chi connectivity index (χ2n) is 4.02. The zero-order valence-corrected chi connectivity index (χ0v) is 10.4. The zero-order valence-electron chi connectivity index (χ0n) is 10.4. The van der Waals surface area contributed by atoms with Gasteiger partial charge in [-0.05, 0) is 37.4 Å². The van der Waals surface area contributed by atoms with Crippen molar-refractivity contribution in [1.29, 1.82) is 0 Å². The van der Waals surface area contributed by atoms with E-state index in [9.17, 15) is 8.78 Å². The molecule has 0 unspecified atom stereocenters. The highest BCUT2D eigenvalue weighted by Gasteiger charge is 2.09. The molecule has 1 aromatic carbocycles. The summed E-state index contributed by atoms with van der Waals surface area (Å²) in [7, 11) is 1.64. The SMILES string of the molecule is COCCNCCCc1ccc(C)c(F)c1F. The van der Waals surface area contributed by atoms with Gasteiger partial charge in [-0.25, -0.2) is 8.78 Å². The first-order chi connectivity index (χ1) is 8.16. The molecule has 0 fully saturated rings. The lowest BCUT2D eigenvalue weighted by Gasteiger charge is -2.07. The third-order valence-corrected chi connectivity index (χ3v) is 2.64. The summed E-state index contributed by atoms with van der Waals surface area (Å²) in [5.74, 6) is -1.43. The molecule has 0 spiro atoms. The van der Waals surface area contributed by atoms with Crippen LogP contribution in [0.4, 0.5) is 8.78 Å². The highest BCUT2D eigenvalue weighted by Crippen LogP contribution is 2.16. The molecule has 0 aliphatic rings. The Labute approximate surface area is 101 Å². The van der Waals surface area contributed by atoms with Crippen molar-refractivity contribution in [3.63, 3.8) is 0 Å². The Kier molecular flexibility index (Phi) is 6.08. The lowest BCUT2D eigenvalue weighted by Crippen LogP contribution is -2.20. The average molecular weight is 243 g/mol. The molecule has 0 amide bonds. The minimum absolute atomic E-state index is 0.351. The molecule has 0 heterocycles. The fraction of sp³-hybridized carbons (Fsp3) is 0.538. The first-order valence-corrected chi connectivity index (χ1v) is 5.80. The van der Waals surface area contributed by atoms with Crippen molar-refractivity contribution in [2.45, 2.75) is 19.8 Å². The summed E-state index contributed by atoms with van der Waals surface area (Å²) in [6, 6.07) is 3.27. The molecule has 17 heavy (non-hydrogen) atoms. The molecule has 1 rings (SSSR count). The van der Waals surface area contributed by atoms with Gasteiger partial charge >= 0.3 is 0 Å². The van der Waals surface area contributed by atoms with Crippen molar-refractivity contribution in [3.8, 4) is 0 Å². The number of benzene rings is 1. The van der Waals surface area contributed by atoms with E-state index >= 15 is 0 Å². The van der Waals surface area contributed by atoms with Crippen molar-refractivity contribution in [1.82, 2.24) is 5.32 Å². The molecule has 0 radical (unpaired) electrons. The van der Waals surface area contributed by atoms with Crippen LogP contribution in [0.15, 0.2) is 12.1 Å². The minimum atomic E-state index is -0.727. The largest absolute Gasteiger partial charge is 0.383 e. The molecule has 1 aromatic rings. The van der Waals surface area contributed by atoms with E-state index in [1.807, 2.05) is 0 Å². The van der Waals surface area contributed by atoms with Gasteiger partial charge in [-0.1, -0.05) is 12.1 Å². The van der Waals surface area contributed by atoms with E-state index in [-0.39, 0.29) is 0 Å². The van der Waals surface area contributed by atoms with Gasteiger partial charge in [0.15, 0.2) is 11.6 Å². The molecule has 0 saturated heterocycles. The molecule has 4 heteroatoms. The zero-order chi connectivity index (χ0) is 12.7. The van der Waals surface area contributed by atoms with Gasteiger partial charge in [0, 0.05) is 13.7 Å². The van der Waals surface area contributed by atoms with E-state index in [1.165, 1.54) is 0 Å². The van der Waals surface area contributed by atoms with Crippen molar-refractivity contribution < 1.29 is 13.5 Å². The van der Waals surface area contributed by atoms with Crippen LogP contribution in [-0.2, 0) is 11.2 Å². The van der Waals surface area contributed by atoms with Gasteiger partial charge in [-0.3, -0.25) is 0 Å². The summed E-state index contributed by atoms with van der Waals surface area (Å²) in [6.45, 7) is 3.78. The topological polar surface area (TPSA) is 21.3 Å². The fourth-order valence-electron chi connectivity index (χ4n) is 1.58. The van der Waals surface area contributed by atoms with E-state index in [2.05, 4.69) is 5.32 Å². The Bertz CT molecular complexity index is 356. The van der Waals surface area contributed by atoms with Crippen LogP contribution in [0.2, 0.25) is 0 Å². The van der Waals surface area contributed by atoms with E-state index in [0.29, 0.717) is 24.2 Å². The number of rotatable bonds is 7. The molecule has 0 bridgehead atoms. The van der Waals surface area contributed by atoms with Gasteiger partial charge < -0.3 is 10.1 Å². The van der Waals surface area contributed by atoms with Gasteiger partial charge in [-0.15, -0.1) is 0 Å². The third kappa shape index (κ3) is 4.40. The van der Waals surface area contributed by atoms with Crippen LogP contribution < -0.4 is 5.32 Å². The van der Waals surface area contributed by atoms with Crippen molar-refractivity contribution in [2.75, 3.05) is 26.8 Å². The molecule has 96 valence electrons. The summed E-state index contributed by atoms with van der Waals surface area (Å²) in [4.78, 5) is 0. The maximum atomic E-state index is 13.5. The van der Waals surface area contributed by atoms with Crippen molar-refractivity contribution in [3.05, 3.63) is 34.9 Å². The highest BCUT2D eigenvalue weighted by molar-refractivity contribution is 5.25. The molecule has 2 nitrogen and oxygen atoms in total. The van der Waals surface area contributed by atoms with Gasteiger partial charge in [0.2, 0.25) is 0 Å². The van der Waals surface area contributed by atoms with Crippen LogP contribution >= 0.6 is 0 Å². The molecular weight excluding hydrogens is 224 g/mol. The van der Waals surface area contributed by atoms with Crippen LogP contribution in [0.25, 0.3) is 0 Å². The van der Waals surface area contributed by atoms with E-state index < -0.39 is 11.6 Å². The predicted molar refractivity (Wildman–Crippen MR) is 64.2 cm³/mol. The van der Waals surface area contributed by atoms with Gasteiger partial charge in [0.05, 0.1) is 6.61 Å². The first kappa shape index (κ1) is 14.1. The quantitative estimate of drug-likeness (QED) is 0.743. The van der Waals surface area contributed by atoms with Crippen molar-refractivity contribution in [2.24, 2.45) is 0 Å². The van der Waals surface area contributed by atoms with Crippen LogP contribution in [0.1, 0.15) is 17.5 Å². The Morgan fingerprint density at radius 1 is 1.18 bits per heavy atom. The second kappa shape index (κ2) is 7.35. The van der Waals surface area contributed by atoms with Crippen LogP contribution in [0.5, 0.6) is 0 Å². The number of aryl methyl sites for hydroxylation is 2. The summed E-state index contributed by atoms with van der Waals surface area (Å²) in [6.07, 6.45) is 1.33. The van der Waals surface area contributed by atoms with E-state index in [1.54, 1.807) is 26.2 Å². The number of nitrogens with one attached hydrogen (secondary N) is 1. The summed E-state index contributed by atoms with van der Waals surface area (Å²) in [5, 5.41) is 3.16. The Hall–Kier alpha value is -1.00. The minimum Gasteiger partial charge on any atom is -0.383 e. The van der Waals surface area contributed by atoms with Gasteiger partial charge in [0.1, 0.15) is 0 Å². The number of hydrogen-bond acceptors (Lipinski definition) is 2. The summed E-state index contributed by atoms with van der Waals surface area (Å²) < 4.78 is 31.6. The third-order valence-electron chi connectivity index (χ3n) is 2.64. The van der Waals surface area contributed by atoms with Crippen LogP contribution in [0, 0.1) is 18.6 Å². The standard InChI is InChI=1S/C13H19F2NO/c1-10-5-6-11(13(15)12(10)14)4-3-7-16-8-9-17-2/h5-6,16H,3-4,7-9H2,1-2H3. The lowest BCUT2D eigenvalue weighted by atomic mass is 10.1.